The molecule has 1 heterocycles. The summed E-state index contributed by atoms with van der Waals surface area (Å²) in [7, 11) is 0. The molecule has 1 radical (unpaired) electrons. The number of benzene rings is 1. The summed E-state index contributed by atoms with van der Waals surface area (Å²) in [6.45, 7) is 0.491. The van der Waals surface area contributed by atoms with E-state index in [0.29, 0.717) is 6.54 Å². The van der Waals surface area contributed by atoms with Crippen LogP contribution in [0.5, 0.6) is 0 Å². The van der Waals surface area contributed by atoms with Crippen LogP contribution in [0.4, 0.5) is 0 Å². The first kappa shape index (κ1) is 10.6. The first-order valence-corrected chi connectivity index (χ1v) is 5.09. The maximum atomic E-state index is 11.4. The van der Waals surface area contributed by atoms with Gasteiger partial charge >= 0.3 is 0 Å². The Morgan fingerprint density at radius 3 is 2.56 bits per heavy atom. The van der Waals surface area contributed by atoms with Gasteiger partial charge in [0, 0.05) is 18.2 Å². The summed E-state index contributed by atoms with van der Waals surface area (Å²) in [4.78, 5) is 11.4. The molecule has 0 unspecified atom stereocenters. The first-order chi connectivity index (χ1) is 7.81. The normalized spacial score (nSPS) is 10.3. The second-order valence-corrected chi connectivity index (χ2v) is 3.40. The minimum absolute atomic E-state index is 0.158. The molecule has 0 bridgehead atoms. The van der Waals surface area contributed by atoms with E-state index in [1.807, 2.05) is 30.3 Å². The fraction of sp³-hybridized carbons (Fsp3) is 0.167. The number of nitrogens with one attached hydrogen (secondary N) is 1. The summed E-state index contributed by atoms with van der Waals surface area (Å²) >= 11 is 0. The van der Waals surface area contributed by atoms with Gasteiger partial charge in [-0.3, -0.25) is 10.5 Å². The van der Waals surface area contributed by atoms with E-state index in [-0.39, 0.29) is 12.1 Å². The summed E-state index contributed by atoms with van der Waals surface area (Å²) in [6.07, 6.45) is 0. The van der Waals surface area contributed by atoms with Crippen LogP contribution in [0, 0.1) is 0 Å². The lowest BCUT2D eigenvalue weighted by Crippen LogP contribution is -2.24. The van der Waals surface area contributed by atoms with E-state index < -0.39 is 0 Å². The summed E-state index contributed by atoms with van der Waals surface area (Å²) in [5.74, 6) is 0. The van der Waals surface area contributed by atoms with Gasteiger partial charge in [0.15, 0.2) is 0 Å². The van der Waals surface area contributed by atoms with Gasteiger partial charge < -0.3 is 0 Å². The van der Waals surface area contributed by atoms with E-state index in [2.05, 4.69) is 5.10 Å². The average molecular weight is 214 g/mol. The molecule has 0 aliphatic rings. The standard InChI is InChI=1S/C12H12N3O/c13-8-9-15-12(16)7-6-11(14-15)10-4-2-1-3-5-10/h1-7,13H,8-9H2. The van der Waals surface area contributed by atoms with Crippen molar-refractivity contribution in [3.8, 4) is 11.3 Å². The van der Waals surface area contributed by atoms with Gasteiger partial charge in [-0.15, -0.1) is 0 Å². The second-order valence-electron chi connectivity index (χ2n) is 3.40. The van der Waals surface area contributed by atoms with E-state index in [0.717, 1.165) is 11.3 Å². The minimum Gasteiger partial charge on any atom is -0.268 e. The van der Waals surface area contributed by atoms with Crippen molar-refractivity contribution in [3.63, 3.8) is 0 Å². The molecule has 1 N–H and O–H groups in total. The number of rotatable bonds is 3. The Hall–Kier alpha value is -1.94. The lowest BCUT2D eigenvalue weighted by Gasteiger charge is -2.05. The average Bonchev–Trinajstić information content (AvgIpc) is 2.33. The molecule has 1 aromatic heterocycles. The third kappa shape index (κ3) is 2.17. The van der Waals surface area contributed by atoms with E-state index in [1.54, 1.807) is 6.07 Å². The summed E-state index contributed by atoms with van der Waals surface area (Å²) in [5, 5.41) is 4.22. The van der Waals surface area contributed by atoms with Crippen molar-refractivity contribution in [3.05, 3.63) is 52.8 Å². The highest BCUT2D eigenvalue weighted by Crippen LogP contribution is 2.13. The van der Waals surface area contributed by atoms with Gasteiger partial charge in [0.25, 0.3) is 5.56 Å². The molecule has 2 rings (SSSR count). The molecule has 2 aromatic rings. The van der Waals surface area contributed by atoms with Gasteiger partial charge in [0.2, 0.25) is 0 Å². The number of hydrogen-bond acceptors (Lipinski definition) is 2. The number of aromatic nitrogens is 2. The number of nitrogens with zero attached hydrogens (tertiary/aromatic N) is 2. The van der Waals surface area contributed by atoms with Crippen molar-refractivity contribution in [1.29, 1.82) is 0 Å². The van der Waals surface area contributed by atoms with Crippen molar-refractivity contribution < 1.29 is 0 Å². The van der Waals surface area contributed by atoms with Crippen LogP contribution in [-0.4, -0.2) is 16.3 Å². The third-order valence-electron chi connectivity index (χ3n) is 2.26. The maximum Gasteiger partial charge on any atom is 0.266 e. The molecule has 4 nitrogen and oxygen atoms in total. The Bertz CT molecular complexity index is 519. The zero-order chi connectivity index (χ0) is 11.4. The van der Waals surface area contributed by atoms with Gasteiger partial charge in [-0.25, -0.2) is 4.68 Å². The van der Waals surface area contributed by atoms with Crippen LogP contribution in [0.2, 0.25) is 0 Å². The van der Waals surface area contributed by atoms with Crippen LogP contribution in [-0.2, 0) is 6.54 Å². The molecule has 1 aromatic carbocycles. The van der Waals surface area contributed by atoms with Crippen molar-refractivity contribution >= 4 is 0 Å². The summed E-state index contributed by atoms with van der Waals surface area (Å²) in [6, 6.07) is 12.9. The fourth-order valence-electron chi connectivity index (χ4n) is 1.48. The van der Waals surface area contributed by atoms with Crippen molar-refractivity contribution in [2.24, 2.45) is 0 Å². The van der Waals surface area contributed by atoms with Crippen LogP contribution in [0.1, 0.15) is 0 Å². The highest BCUT2D eigenvalue weighted by atomic mass is 16.1. The lowest BCUT2D eigenvalue weighted by atomic mass is 10.1. The second kappa shape index (κ2) is 4.72. The zero-order valence-electron chi connectivity index (χ0n) is 8.76. The Kier molecular flexibility index (Phi) is 3.12. The molecule has 16 heavy (non-hydrogen) atoms. The Labute approximate surface area is 93.3 Å². The topological polar surface area (TPSA) is 58.7 Å². The highest BCUT2D eigenvalue weighted by molar-refractivity contribution is 5.57. The molecule has 0 spiro atoms. The van der Waals surface area contributed by atoms with E-state index in [4.69, 9.17) is 5.73 Å². The van der Waals surface area contributed by atoms with Crippen LogP contribution in [0.25, 0.3) is 11.3 Å². The van der Waals surface area contributed by atoms with Gasteiger partial charge in [-0.1, -0.05) is 30.3 Å². The van der Waals surface area contributed by atoms with Gasteiger partial charge in [-0.05, 0) is 6.07 Å². The third-order valence-corrected chi connectivity index (χ3v) is 2.26. The van der Waals surface area contributed by atoms with Gasteiger partial charge in [-0.2, -0.15) is 5.10 Å². The minimum atomic E-state index is -0.160. The molecule has 0 aliphatic heterocycles. The summed E-state index contributed by atoms with van der Waals surface area (Å²) in [5.41, 5.74) is 8.68. The van der Waals surface area contributed by atoms with Crippen molar-refractivity contribution in [2.45, 2.75) is 6.54 Å². The van der Waals surface area contributed by atoms with Crippen LogP contribution < -0.4 is 11.3 Å². The molecule has 0 atom stereocenters. The van der Waals surface area contributed by atoms with E-state index >= 15 is 0 Å². The van der Waals surface area contributed by atoms with E-state index in [9.17, 15) is 4.79 Å². The first-order valence-electron chi connectivity index (χ1n) is 5.09. The SMILES string of the molecule is [NH]CCn1nc(-c2ccccc2)ccc1=O. The van der Waals surface area contributed by atoms with Crippen LogP contribution in [0.15, 0.2) is 47.3 Å². The molecule has 0 fully saturated rings. The Morgan fingerprint density at radius 2 is 1.88 bits per heavy atom. The zero-order valence-corrected chi connectivity index (χ0v) is 8.76. The van der Waals surface area contributed by atoms with Crippen molar-refractivity contribution in [1.82, 2.24) is 15.5 Å². The van der Waals surface area contributed by atoms with Crippen molar-refractivity contribution in [2.75, 3.05) is 6.54 Å². The Balaban J connectivity index is 2.44. The maximum absolute atomic E-state index is 11.4. The smallest absolute Gasteiger partial charge is 0.266 e. The van der Waals surface area contributed by atoms with Gasteiger partial charge in [0.1, 0.15) is 0 Å². The molecule has 4 heteroatoms. The molecule has 0 aliphatic carbocycles. The lowest BCUT2D eigenvalue weighted by molar-refractivity contribution is 0.585. The fourth-order valence-corrected chi connectivity index (χ4v) is 1.48. The quantitative estimate of drug-likeness (QED) is 0.770. The Morgan fingerprint density at radius 1 is 1.12 bits per heavy atom. The number of hydrogen-bond donors (Lipinski definition) is 0. The molecule has 81 valence electrons. The molecular formula is C12H12N3O. The monoisotopic (exact) mass is 214 g/mol. The highest BCUT2D eigenvalue weighted by Gasteiger charge is 2.01. The predicted octanol–water partition coefficient (Wildman–Crippen LogP) is 1.19. The molecule has 0 saturated heterocycles. The largest absolute Gasteiger partial charge is 0.268 e. The van der Waals surface area contributed by atoms with E-state index in [1.165, 1.54) is 10.7 Å². The van der Waals surface area contributed by atoms with Gasteiger partial charge in [0.05, 0.1) is 12.2 Å². The van der Waals surface area contributed by atoms with Crippen LogP contribution in [0.3, 0.4) is 0 Å². The molecule has 0 saturated carbocycles. The molecule has 0 amide bonds. The predicted molar refractivity (Wildman–Crippen MR) is 61.9 cm³/mol. The van der Waals surface area contributed by atoms with Crippen LogP contribution >= 0.6 is 0 Å². The summed E-state index contributed by atoms with van der Waals surface area (Å²) < 4.78 is 1.33. The molecular weight excluding hydrogens is 202 g/mol.